The number of ether oxygens (including phenoxy) is 3. The molecule has 1 N–H and O–H groups in total. The zero-order valence-corrected chi connectivity index (χ0v) is 25.6. The van der Waals surface area contributed by atoms with Crippen molar-refractivity contribution >= 4 is 43.6 Å². The first kappa shape index (κ1) is 33.9. The second-order valence-corrected chi connectivity index (χ2v) is 14.2. The first-order valence-corrected chi connectivity index (χ1v) is 16.8. The highest BCUT2D eigenvalue weighted by molar-refractivity contribution is 7.90. The number of hydrogen-bond donors (Lipinski definition) is 1. The Morgan fingerprint density at radius 3 is 2.16 bits per heavy atom. The summed E-state index contributed by atoms with van der Waals surface area (Å²) in [4.78, 5) is 38.7. The molecule has 0 bridgehead atoms. The van der Waals surface area contributed by atoms with Crippen molar-refractivity contribution in [3.63, 3.8) is 0 Å². The minimum Gasteiger partial charge on any atom is -0.504 e. The van der Waals surface area contributed by atoms with E-state index >= 15 is 0 Å². The molecule has 1 aliphatic heterocycles. The van der Waals surface area contributed by atoms with Crippen LogP contribution in [0.2, 0.25) is 0 Å². The zero-order chi connectivity index (χ0) is 32.8. The van der Waals surface area contributed by atoms with Gasteiger partial charge in [-0.2, -0.15) is 0 Å². The molecule has 0 aliphatic carbocycles. The minimum atomic E-state index is -3.53. The smallest absolute Gasteiger partial charge is 0.433 e. The zero-order valence-electron chi connectivity index (χ0n) is 23.9. The van der Waals surface area contributed by atoms with E-state index in [9.17, 15) is 41.6 Å². The van der Waals surface area contributed by atoms with Gasteiger partial charge >= 0.3 is 17.8 Å². The fourth-order valence-electron chi connectivity index (χ4n) is 4.07. The Morgan fingerprint density at radius 2 is 1.66 bits per heavy atom. The number of furan rings is 1. The Bertz CT molecular complexity index is 1740. The normalized spacial score (nSPS) is 15.2. The van der Waals surface area contributed by atoms with Crippen LogP contribution >= 0.6 is 0 Å². The van der Waals surface area contributed by atoms with Crippen LogP contribution in [0.4, 0.5) is 5.88 Å². The van der Waals surface area contributed by atoms with Crippen molar-refractivity contribution in [2.45, 2.75) is 12.6 Å². The van der Waals surface area contributed by atoms with Crippen LogP contribution in [0.15, 0.2) is 58.7 Å². The van der Waals surface area contributed by atoms with E-state index < -0.39 is 84.3 Å². The van der Waals surface area contributed by atoms with E-state index in [0.29, 0.717) is 5.56 Å². The number of esters is 2. The fourth-order valence-corrected chi connectivity index (χ4v) is 4.84. The van der Waals surface area contributed by atoms with E-state index in [1.165, 1.54) is 48.6 Å². The maximum atomic E-state index is 13.4. The molecule has 0 saturated carbocycles. The van der Waals surface area contributed by atoms with Crippen LogP contribution in [0.25, 0.3) is 6.08 Å². The van der Waals surface area contributed by atoms with Gasteiger partial charge in [0.1, 0.15) is 23.9 Å². The van der Waals surface area contributed by atoms with Gasteiger partial charge in [-0.3, -0.25) is 10.1 Å². The van der Waals surface area contributed by atoms with Crippen molar-refractivity contribution in [3.05, 3.63) is 81.3 Å². The summed E-state index contributed by atoms with van der Waals surface area (Å²) in [5.74, 6) is -4.04. The number of nitrogens with zero attached hydrogens (tertiary/aromatic N) is 2. The molecule has 17 heteroatoms. The SMILES string of the molecule is C=CC1c2cc(OC)c(O)cc2C=C(C(=O)OCCS(C)(=O)=O)C(C(=O)OCCS(C)(=O)=O)=CN1Cc1ccc([N+](=O)[O-])o1. The molecule has 3 rings (SSSR count). The second-order valence-electron chi connectivity index (χ2n) is 9.64. The molecule has 1 atom stereocenters. The number of carbonyl (C=O) groups excluding carboxylic acids is 2. The van der Waals surface area contributed by atoms with Gasteiger partial charge in [-0.15, -0.1) is 6.58 Å². The Morgan fingerprint density at radius 1 is 1.07 bits per heavy atom. The molecule has 1 aliphatic rings. The molecule has 0 saturated heterocycles. The van der Waals surface area contributed by atoms with Crippen molar-refractivity contribution in [2.75, 3.05) is 44.3 Å². The average molecular weight is 655 g/mol. The molecular formula is C27H30N2O13S2. The molecule has 1 aromatic carbocycles. The topological polar surface area (TPSA) is 210 Å². The Hall–Kier alpha value is -4.64. The number of carbonyl (C=O) groups is 2. The third-order valence-electron chi connectivity index (χ3n) is 6.15. The van der Waals surface area contributed by atoms with E-state index in [1.54, 1.807) is 0 Å². The largest absolute Gasteiger partial charge is 0.504 e. The molecule has 2 heterocycles. The molecule has 1 aromatic heterocycles. The predicted molar refractivity (Wildman–Crippen MR) is 156 cm³/mol. The second kappa shape index (κ2) is 13.8. The van der Waals surface area contributed by atoms with Crippen molar-refractivity contribution in [1.29, 1.82) is 0 Å². The van der Waals surface area contributed by atoms with E-state index in [0.717, 1.165) is 18.6 Å². The highest BCUT2D eigenvalue weighted by atomic mass is 32.2. The molecule has 2 aromatic rings. The molecule has 15 nitrogen and oxygen atoms in total. The number of phenols is 1. The van der Waals surface area contributed by atoms with Crippen LogP contribution in [0.5, 0.6) is 11.5 Å². The molecule has 1 unspecified atom stereocenters. The van der Waals surface area contributed by atoms with Gasteiger partial charge in [-0.1, -0.05) is 6.08 Å². The highest BCUT2D eigenvalue weighted by Crippen LogP contribution is 2.39. The summed E-state index contributed by atoms with van der Waals surface area (Å²) in [5, 5.41) is 21.8. The van der Waals surface area contributed by atoms with Gasteiger partial charge in [0, 0.05) is 18.7 Å². The molecule has 0 spiro atoms. The number of nitro groups is 1. The van der Waals surface area contributed by atoms with Gasteiger partial charge in [0.15, 0.2) is 31.2 Å². The lowest BCUT2D eigenvalue weighted by Crippen LogP contribution is -2.28. The standard InChI is InChI=1S/C27H30N2O13S2/c1-5-22-19-14-24(39-2)23(30)13-17(19)12-20(26(31)40-8-10-43(3,35)36)21(27(32)41-9-11-44(4,37)38)16-28(22)15-18-6-7-25(42-18)29(33)34/h5-7,12-14,16,22,30H,1,8-11,15H2,2-4H3. The Labute approximate surface area is 253 Å². The lowest BCUT2D eigenvalue weighted by molar-refractivity contribution is -0.402. The Balaban J connectivity index is 2.24. The number of methoxy groups -OCH3 is 1. The van der Waals surface area contributed by atoms with E-state index in [-0.39, 0.29) is 29.4 Å². The third kappa shape index (κ3) is 8.93. The maximum absolute atomic E-state index is 13.4. The van der Waals surface area contributed by atoms with Crippen LogP contribution in [0.3, 0.4) is 0 Å². The first-order chi connectivity index (χ1) is 20.5. The van der Waals surface area contributed by atoms with E-state index in [4.69, 9.17) is 18.6 Å². The third-order valence-corrected chi connectivity index (χ3v) is 7.97. The van der Waals surface area contributed by atoms with Gasteiger partial charge in [0.2, 0.25) is 0 Å². The number of fused-ring (bicyclic) bond motifs is 1. The molecular weight excluding hydrogens is 624 g/mol. The number of phenolic OH excluding ortho intramolecular Hbond substituents is 1. The Kier molecular flexibility index (Phi) is 10.6. The summed E-state index contributed by atoms with van der Waals surface area (Å²) in [6.07, 6.45) is 5.75. The lowest BCUT2D eigenvalue weighted by atomic mass is 9.92. The average Bonchev–Trinajstić information content (AvgIpc) is 3.38. The monoisotopic (exact) mass is 654 g/mol. The highest BCUT2D eigenvalue weighted by Gasteiger charge is 2.31. The summed E-state index contributed by atoms with van der Waals surface area (Å²) < 4.78 is 67.3. The van der Waals surface area contributed by atoms with Gasteiger partial charge in [-0.05, 0) is 35.4 Å². The molecule has 238 valence electrons. The lowest BCUT2D eigenvalue weighted by Gasteiger charge is -2.32. The minimum absolute atomic E-state index is 0.0554. The number of aromatic hydroxyl groups is 1. The molecule has 0 fully saturated rings. The van der Waals surface area contributed by atoms with Crippen molar-refractivity contribution in [3.8, 4) is 11.5 Å². The quantitative estimate of drug-likeness (QED) is 0.142. The van der Waals surface area contributed by atoms with Crippen LogP contribution in [0, 0.1) is 10.1 Å². The number of benzene rings is 1. The molecule has 0 radical (unpaired) electrons. The van der Waals surface area contributed by atoms with Gasteiger partial charge in [-0.25, -0.2) is 26.4 Å². The van der Waals surface area contributed by atoms with E-state index in [1.807, 2.05) is 0 Å². The van der Waals surface area contributed by atoms with Gasteiger partial charge in [0.25, 0.3) is 0 Å². The summed E-state index contributed by atoms with van der Waals surface area (Å²) in [7, 11) is -5.74. The number of rotatable bonds is 13. The molecule has 44 heavy (non-hydrogen) atoms. The number of sulfone groups is 2. The van der Waals surface area contributed by atoms with Crippen LogP contribution in [0.1, 0.15) is 22.9 Å². The van der Waals surface area contributed by atoms with Crippen LogP contribution < -0.4 is 4.74 Å². The van der Waals surface area contributed by atoms with Gasteiger partial charge < -0.3 is 28.6 Å². The number of hydrogen-bond acceptors (Lipinski definition) is 14. The summed E-state index contributed by atoms with van der Waals surface area (Å²) in [6, 6.07) is 4.35. The maximum Gasteiger partial charge on any atom is 0.433 e. The summed E-state index contributed by atoms with van der Waals surface area (Å²) in [5.41, 5.74) is -0.269. The summed E-state index contributed by atoms with van der Waals surface area (Å²) >= 11 is 0. The van der Waals surface area contributed by atoms with Crippen molar-refractivity contribution in [2.24, 2.45) is 0 Å². The summed E-state index contributed by atoms with van der Waals surface area (Å²) in [6.45, 7) is 2.52. The first-order valence-electron chi connectivity index (χ1n) is 12.7. The van der Waals surface area contributed by atoms with Crippen molar-refractivity contribution < 1.29 is 55.1 Å². The van der Waals surface area contributed by atoms with E-state index in [2.05, 4.69) is 6.58 Å². The molecule has 0 amide bonds. The van der Waals surface area contributed by atoms with Crippen LogP contribution in [-0.4, -0.2) is 88.0 Å². The van der Waals surface area contributed by atoms with Crippen molar-refractivity contribution in [1.82, 2.24) is 4.90 Å². The van der Waals surface area contributed by atoms with Crippen LogP contribution in [-0.2, 0) is 45.3 Å². The van der Waals surface area contributed by atoms with Gasteiger partial charge in [0.05, 0.1) is 48.4 Å². The fraction of sp³-hybridized carbons (Fsp3) is 0.333. The predicted octanol–water partition coefficient (Wildman–Crippen LogP) is 2.09.